The van der Waals surface area contributed by atoms with E-state index < -0.39 is 5.91 Å². The van der Waals surface area contributed by atoms with Gasteiger partial charge in [-0.05, 0) is 44.7 Å². The van der Waals surface area contributed by atoms with Crippen molar-refractivity contribution in [1.82, 2.24) is 9.88 Å². The van der Waals surface area contributed by atoms with Crippen LogP contribution < -0.4 is 10.5 Å². The molecule has 0 aliphatic carbocycles. The molecule has 0 radical (unpaired) electrons. The van der Waals surface area contributed by atoms with E-state index in [1.54, 1.807) is 18.2 Å². The van der Waals surface area contributed by atoms with Crippen molar-refractivity contribution in [3.8, 4) is 5.75 Å². The predicted octanol–water partition coefficient (Wildman–Crippen LogP) is 2.32. The van der Waals surface area contributed by atoms with Crippen molar-refractivity contribution in [2.24, 2.45) is 11.7 Å². The van der Waals surface area contributed by atoms with Crippen molar-refractivity contribution in [3.05, 3.63) is 47.2 Å². The van der Waals surface area contributed by atoms with Crippen molar-refractivity contribution in [2.75, 3.05) is 19.7 Å². The number of aromatic nitrogens is 1. The number of piperidine rings is 1. The first-order valence-corrected chi connectivity index (χ1v) is 8.69. The molecule has 1 aliphatic heterocycles. The third-order valence-electron chi connectivity index (χ3n) is 4.64. The van der Waals surface area contributed by atoms with Gasteiger partial charge >= 0.3 is 0 Å². The number of hydrogen-bond acceptors (Lipinski definition) is 5. The van der Waals surface area contributed by atoms with Crippen molar-refractivity contribution in [2.45, 2.75) is 26.7 Å². The smallest absolute Gasteiger partial charge is 0.267 e. The molecule has 26 heavy (non-hydrogen) atoms. The van der Waals surface area contributed by atoms with Gasteiger partial charge in [0.1, 0.15) is 23.0 Å². The normalized spacial score (nSPS) is 15.1. The van der Waals surface area contributed by atoms with E-state index >= 15 is 0 Å². The molecule has 0 unspecified atom stereocenters. The molecule has 0 spiro atoms. The molecule has 2 aromatic heterocycles. The third-order valence-corrected chi connectivity index (χ3v) is 4.64. The highest BCUT2D eigenvalue weighted by Crippen LogP contribution is 2.23. The molecule has 0 bridgehead atoms. The largest absolute Gasteiger partial charge is 0.493 e. The number of carbonyl (C=O) groups is 2. The van der Waals surface area contributed by atoms with E-state index in [1.165, 1.54) is 6.20 Å². The second-order valence-electron chi connectivity index (χ2n) is 6.61. The molecule has 0 saturated carbocycles. The maximum Gasteiger partial charge on any atom is 0.267 e. The van der Waals surface area contributed by atoms with E-state index in [9.17, 15) is 9.59 Å². The van der Waals surface area contributed by atoms with Gasteiger partial charge in [0.15, 0.2) is 0 Å². The number of likely N-dealkylation sites (tertiary alicyclic amines) is 1. The minimum absolute atomic E-state index is 0.0268. The average molecular weight is 357 g/mol. The molecule has 1 saturated heterocycles. The van der Waals surface area contributed by atoms with Crippen LogP contribution in [0.15, 0.2) is 28.8 Å². The Morgan fingerprint density at radius 2 is 2.04 bits per heavy atom. The van der Waals surface area contributed by atoms with Gasteiger partial charge in [-0.15, -0.1) is 0 Å². The molecule has 138 valence electrons. The maximum absolute atomic E-state index is 12.6. The van der Waals surface area contributed by atoms with Crippen LogP contribution in [0.3, 0.4) is 0 Å². The molecular formula is C19H23N3O4. The average Bonchev–Trinajstić information content (AvgIpc) is 2.98. The van der Waals surface area contributed by atoms with Crippen LogP contribution in [0.25, 0.3) is 0 Å². The van der Waals surface area contributed by atoms with E-state index in [4.69, 9.17) is 14.9 Å². The van der Waals surface area contributed by atoms with Gasteiger partial charge in [0, 0.05) is 25.4 Å². The fraction of sp³-hybridized carbons (Fsp3) is 0.421. The van der Waals surface area contributed by atoms with Crippen LogP contribution in [-0.2, 0) is 0 Å². The zero-order valence-corrected chi connectivity index (χ0v) is 15.0. The van der Waals surface area contributed by atoms with Crippen LogP contribution in [0.1, 0.15) is 45.2 Å². The van der Waals surface area contributed by atoms with Gasteiger partial charge in [0.05, 0.1) is 12.2 Å². The van der Waals surface area contributed by atoms with Crippen LogP contribution in [0.4, 0.5) is 0 Å². The molecule has 7 nitrogen and oxygen atoms in total. The minimum atomic E-state index is -0.577. The SMILES string of the molecule is Cc1cc(C(=O)N2CCC(COc3ccnc(C(N)=O)c3)CC2)c(C)o1. The Hall–Kier alpha value is -2.83. The number of ether oxygens (including phenoxy) is 1. The van der Waals surface area contributed by atoms with Gasteiger partial charge in [-0.2, -0.15) is 0 Å². The van der Waals surface area contributed by atoms with Gasteiger partial charge in [0.2, 0.25) is 0 Å². The summed E-state index contributed by atoms with van der Waals surface area (Å²) in [6.45, 7) is 5.58. The Labute approximate surface area is 152 Å². The van der Waals surface area contributed by atoms with Crippen LogP contribution in [0.5, 0.6) is 5.75 Å². The number of carbonyl (C=O) groups excluding carboxylic acids is 2. The first-order valence-electron chi connectivity index (χ1n) is 8.69. The number of primary amides is 1. The Kier molecular flexibility index (Phi) is 5.25. The summed E-state index contributed by atoms with van der Waals surface area (Å²) in [6, 6.07) is 5.05. The maximum atomic E-state index is 12.6. The topological polar surface area (TPSA) is 98.7 Å². The summed E-state index contributed by atoms with van der Waals surface area (Å²) in [5, 5.41) is 0. The number of rotatable bonds is 5. The summed E-state index contributed by atoms with van der Waals surface area (Å²) in [7, 11) is 0. The highest BCUT2D eigenvalue weighted by atomic mass is 16.5. The van der Waals surface area contributed by atoms with Crippen molar-refractivity contribution >= 4 is 11.8 Å². The summed E-state index contributed by atoms with van der Waals surface area (Å²) in [5.74, 6) is 1.81. The molecule has 2 amide bonds. The van der Waals surface area contributed by atoms with Gasteiger partial charge in [-0.25, -0.2) is 0 Å². The zero-order chi connectivity index (χ0) is 18.7. The fourth-order valence-electron chi connectivity index (χ4n) is 3.17. The number of nitrogens with two attached hydrogens (primary N) is 1. The molecular weight excluding hydrogens is 334 g/mol. The second-order valence-corrected chi connectivity index (χ2v) is 6.61. The number of aryl methyl sites for hydroxylation is 2. The number of pyridine rings is 1. The van der Waals surface area contributed by atoms with Gasteiger partial charge < -0.3 is 19.8 Å². The number of furan rings is 1. The summed E-state index contributed by atoms with van der Waals surface area (Å²) in [4.78, 5) is 29.5. The van der Waals surface area contributed by atoms with Gasteiger partial charge in [-0.1, -0.05) is 0 Å². The van der Waals surface area contributed by atoms with E-state index in [-0.39, 0.29) is 11.6 Å². The summed E-state index contributed by atoms with van der Waals surface area (Å²) < 4.78 is 11.2. The lowest BCUT2D eigenvalue weighted by atomic mass is 9.97. The quantitative estimate of drug-likeness (QED) is 0.885. The lowest BCUT2D eigenvalue weighted by Gasteiger charge is -2.31. The van der Waals surface area contributed by atoms with Crippen molar-refractivity contribution < 1.29 is 18.7 Å². The standard InChI is InChI=1S/C19H23N3O4/c1-12-9-16(13(2)26-12)19(24)22-7-4-14(5-8-22)11-25-15-3-6-21-17(10-15)18(20)23/h3,6,9-10,14H,4-5,7-8,11H2,1-2H3,(H2,20,23). The molecule has 2 N–H and O–H groups in total. The second kappa shape index (κ2) is 7.59. The number of amides is 2. The molecule has 2 aromatic rings. The number of nitrogens with zero attached hydrogens (tertiary/aromatic N) is 2. The lowest BCUT2D eigenvalue weighted by Crippen LogP contribution is -2.39. The Morgan fingerprint density at radius 1 is 1.31 bits per heavy atom. The van der Waals surface area contributed by atoms with E-state index in [0.717, 1.165) is 18.6 Å². The Morgan fingerprint density at radius 3 is 2.65 bits per heavy atom. The van der Waals surface area contributed by atoms with Crippen molar-refractivity contribution in [3.63, 3.8) is 0 Å². The van der Waals surface area contributed by atoms with Crippen LogP contribution >= 0.6 is 0 Å². The first kappa shape index (κ1) is 18.0. The fourth-order valence-corrected chi connectivity index (χ4v) is 3.17. The summed E-state index contributed by atoms with van der Waals surface area (Å²) in [5.41, 5.74) is 6.06. The van der Waals surface area contributed by atoms with Crippen LogP contribution in [0.2, 0.25) is 0 Å². The molecule has 3 heterocycles. The van der Waals surface area contributed by atoms with E-state index in [2.05, 4.69) is 4.98 Å². The van der Waals surface area contributed by atoms with Crippen LogP contribution in [0, 0.1) is 19.8 Å². The lowest BCUT2D eigenvalue weighted by molar-refractivity contribution is 0.0659. The van der Waals surface area contributed by atoms with Gasteiger partial charge in [0.25, 0.3) is 11.8 Å². The van der Waals surface area contributed by atoms with Crippen LogP contribution in [-0.4, -0.2) is 41.4 Å². The molecule has 7 heteroatoms. The monoisotopic (exact) mass is 357 g/mol. The highest BCUT2D eigenvalue weighted by molar-refractivity contribution is 5.95. The Bertz CT molecular complexity index is 807. The zero-order valence-electron chi connectivity index (χ0n) is 15.0. The predicted molar refractivity (Wildman–Crippen MR) is 95.1 cm³/mol. The summed E-state index contributed by atoms with van der Waals surface area (Å²) >= 11 is 0. The van der Waals surface area contributed by atoms with Crippen molar-refractivity contribution in [1.29, 1.82) is 0 Å². The first-order chi connectivity index (χ1) is 12.4. The molecule has 0 aromatic carbocycles. The van der Waals surface area contributed by atoms with Gasteiger partial charge in [-0.3, -0.25) is 14.6 Å². The molecule has 3 rings (SSSR count). The van der Waals surface area contributed by atoms with E-state index in [1.807, 2.05) is 18.7 Å². The minimum Gasteiger partial charge on any atom is -0.493 e. The molecule has 1 fully saturated rings. The Balaban J connectivity index is 1.51. The molecule has 0 atom stereocenters. The number of hydrogen-bond donors (Lipinski definition) is 1. The third kappa shape index (κ3) is 4.04. The molecule has 1 aliphatic rings. The summed E-state index contributed by atoms with van der Waals surface area (Å²) in [6.07, 6.45) is 3.25. The highest BCUT2D eigenvalue weighted by Gasteiger charge is 2.26. The van der Waals surface area contributed by atoms with E-state index in [0.29, 0.717) is 42.7 Å².